The number of para-hydroxylation sites is 1. The van der Waals surface area contributed by atoms with Gasteiger partial charge in [-0.25, -0.2) is 4.98 Å². The minimum absolute atomic E-state index is 0.137. The fraction of sp³-hybridized carbons (Fsp3) is 0.308. The van der Waals surface area contributed by atoms with E-state index in [1.54, 1.807) is 18.4 Å². The smallest absolute Gasteiger partial charge is 0.127 e. The van der Waals surface area contributed by atoms with Gasteiger partial charge in [0.15, 0.2) is 0 Å². The molecule has 1 aromatic carbocycles. The van der Waals surface area contributed by atoms with Crippen molar-refractivity contribution in [1.29, 1.82) is 0 Å². The van der Waals surface area contributed by atoms with Crippen LogP contribution in [0.15, 0.2) is 24.3 Å². The molecule has 0 saturated carbocycles. The predicted molar refractivity (Wildman–Crippen MR) is 69.6 cm³/mol. The first-order valence-electron chi connectivity index (χ1n) is 5.46. The molecule has 90 valence electrons. The lowest BCUT2D eigenvalue weighted by Crippen LogP contribution is -1.88. The second-order valence-corrected chi connectivity index (χ2v) is 4.78. The number of thiazole rings is 1. The van der Waals surface area contributed by atoms with Crippen molar-refractivity contribution in [2.45, 2.75) is 13.3 Å². The molecule has 3 nitrogen and oxygen atoms in total. The summed E-state index contributed by atoms with van der Waals surface area (Å²) in [5, 5.41) is 9.90. The quantitative estimate of drug-likeness (QED) is 0.905. The maximum atomic E-state index is 8.93. The minimum atomic E-state index is 0.137. The van der Waals surface area contributed by atoms with Crippen molar-refractivity contribution >= 4 is 11.3 Å². The number of aliphatic hydroxyl groups excluding tert-OH is 1. The van der Waals surface area contributed by atoms with Crippen LogP contribution in [0, 0.1) is 6.92 Å². The van der Waals surface area contributed by atoms with Gasteiger partial charge in [0.25, 0.3) is 0 Å². The van der Waals surface area contributed by atoms with Gasteiger partial charge in [-0.05, 0) is 19.1 Å². The molecule has 1 heterocycles. The summed E-state index contributed by atoms with van der Waals surface area (Å²) in [7, 11) is 1.67. The Balaban J connectivity index is 2.45. The van der Waals surface area contributed by atoms with E-state index in [0.717, 1.165) is 26.9 Å². The molecule has 2 rings (SSSR count). The summed E-state index contributed by atoms with van der Waals surface area (Å²) >= 11 is 1.62. The Hall–Kier alpha value is -1.39. The molecule has 0 radical (unpaired) electrons. The average molecular weight is 249 g/mol. The van der Waals surface area contributed by atoms with Crippen LogP contribution in [0.2, 0.25) is 0 Å². The van der Waals surface area contributed by atoms with E-state index < -0.39 is 0 Å². The number of aryl methyl sites for hydroxylation is 1. The van der Waals surface area contributed by atoms with Crippen molar-refractivity contribution in [1.82, 2.24) is 4.98 Å². The monoisotopic (exact) mass is 249 g/mol. The third-order valence-electron chi connectivity index (χ3n) is 2.52. The van der Waals surface area contributed by atoms with Crippen LogP contribution in [0.3, 0.4) is 0 Å². The number of nitrogens with zero attached hydrogens (tertiary/aromatic N) is 1. The number of hydrogen-bond donors (Lipinski definition) is 1. The van der Waals surface area contributed by atoms with Gasteiger partial charge in [-0.2, -0.15) is 0 Å². The molecule has 1 aromatic heterocycles. The standard InChI is InChI=1S/C13H15NO2S/c1-9-13(17-12(14-9)7-8-15)10-5-3-4-6-11(10)16-2/h3-6,15H,7-8H2,1-2H3. The SMILES string of the molecule is COc1ccccc1-c1sc(CCO)nc1C. The van der Waals surface area contributed by atoms with Crippen LogP contribution in [0.4, 0.5) is 0 Å². The molecule has 17 heavy (non-hydrogen) atoms. The van der Waals surface area contributed by atoms with Crippen LogP contribution in [-0.2, 0) is 6.42 Å². The molecule has 0 aliphatic carbocycles. The van der Waals surface area contributed by atoms with Crippen LogP contribution in [0.5, 0.6) is 5.75 Å². The Kier molecular flexibility index (Phi) is 3.76. The van der Waals surface area contributed by atoms with Crippen molar-refractivity contribution in [2.24, 2.45) is 0 Å². The van der Waals surface area contributed by atoms with Crippen LogP contribution in [-0.4, -0.2) is 23.8 Å². The summed E-state index contributed by atoms with van der Waals surface area (Å²) in [4.78, 5) is 5.57. The number of aromatic nitrogens is 1. The topological polar surface area (TPSA) is 42.4 Å². The molecule has 1 N–H and O–H groups in total. The molecule has 4 heteroatoms. The normalized spacial score (nSPS) is 10.5. The third-order valence-corrected chi connectivity index (χ3v) is 3.77. The lowest BCUT2D eigenvalue weighted by Gasteiger charge is -2.06. The Morgan fingerprint density at radius 2 is 2.12 bits per heavy atom. The highest BCUT2D eigenvalue weighted by Crippen LogP contribution is 2.36. The maximum Gasteiger partial charge on any atom is 0.127 e. The number of benzene rings is 1. The molecule has 0 spiro atoms. The van der Waals surface area contributed by atoms with E-state index in [1.807, 2.05) is 31.2 Å². The first-order chi connectivity index (χ1) is 8.26. The van der Waals surface area contributed by atoms with Gasteiger partial charge in [0.05, 0.1) is 22.7 Å². The van der Waals surface area contributed by atoms with E-state index in [1.165, 1.54) is 0 Å². The van der Waals surface area contributed by atoms with Crippen LogP contribution >= 0.6 is 11.3 Å². The molecule has 0 aliphatic heterocycles. The van der Waals surface area contributed by atoms with E-state index in [-0.39, 0.29) is 6.61 Å². The zero-order chi connectivity index (χ0) is 12.3. The molecular formula is C13H15NO2S. The van der Waals surface area contributed by atoms with Gasteiger partial charge in [-0.3, -0.25) is 0 Å². The second-order valence-electron chi connectivity index (χ2n) is 3.70. The Morgan fingerprint density at radius 3 is 2.82 bits per heavy atom. The molecule has 0 atom stereocenters. The molecule has 2 aromatic rings. The number of ether oxygens (including phenoxy) is 1. The fourth-order valence-electron chi connectivity index (χ4n) is 1.74. The largest absolute Gasteiger partial charge is 0.496 e. The van der Waals surface area contributed by atoms with Gasteiger partial charge in [0.2, 0.25) is 0 Å². The van der Waals surface area contributed by atoms with E-state index in [4.69, 9.17) is 9.84 Å². The summed E-state index contributed by atoms with van der Waals surface area (Å²) < 4.78 is 5.35. The predicted octanol–water partition coefficient (Wildman–Crippen LogP) is 2.66. The first kappa shape index (κ1) is 12.1. The van der Waals surface area contributed by atoms with Crippen LogP contribution < -0.4 is 4.74 Å². The van der Waals surface area contributed by atoms with Crippen molar-refractivity contribution in [3.8, 4) is 16.2 Å². The van der Waals surface area contributed by atoms with E-state index in [2.05, 4.69) is 4.98 Å². The van der Waals surface area contributed by atoms with Gasteiger partial charge < -0.3 is 9.84 Å². The highest BCUT2D eigenvalue weighted by Gasteiger charge is 2.12. The van der Waals surface area contributed by atoms with Gasteiger partial charge >= 0.3 is 0 Å². The van der Waals surface area contributed by atoms with E-state index in [0.29, 0.717) is 6.42 Å². The van der Waals surface area contributed by atoms with Crippen molar-refractivity contribution in [2.75, 3.05) is 13.7 Å². The molecule has 0 saturated heterocycles. The zero-order valence-corrected chi connectivity index (χ0v) is 10.8. The first-order valence-corrected chi connectivity index (χ1v) is 6.28. The lowest BCUT2D eigenvalue weighted by atomic mass is 10.1. The fourth-order valence-corrected chi connectivity index (χ4v) is 2.82. The van der Waals surface area contributed by atoms with Crippen LogP contribution in [0.25, 0.3) is 10.4 Å². The average Bonchev–Trinajstić information content (AvgIpc) is 2.70. The van der Waals surface area contributed by atoms with Gasteiger partial charge in [-0.15, -0.1) is 11.3 Å². The summed E-state index contributed by atoms with van der Waals surface area (Å²) in [5.41, 5.74) is 2.05. The Bertz CT molecular complexity index is 508. The van der Waals surface area contributed by atoms with Crippen molar-refractivity contribution < 1.29 is 9.84 Å². The zero-order valence-electron chi connectivity index (χ0n) is 9.93. The number of methoxy groups -OCH3 is 1. The molecule has 0 fully saturated rings. The van der Waals surface area contributed by atoms with E-state index in [9.17, 15) is 0 Å². The number of hydrogen-bond acceptors (Lipinski definition) is 4. The van der Waals surface area contributed by atoms with Gasteiger partial charge in [0, 0.05) is 18.6 Å². The molecule has 0 aliphatic rings. The highest BCUT2D eigenvalue weighted by molar-refractivity contribution is 7.15. The second kappa shape index (κ2) is 5.29. The summed E-state index contributed by atoms with van der Waals surface area (Å²) in [6.07, 6.45) is 0.612. The Labute approximate surface area is 105 Å². The maximum absolute atomic E-state index is 8.93. The molecule has 0 amide bonds. The molecular weight excluding hydrogens is 234 g/mol. The lowest BCUT2D eigenvalue weighted by molar-refractivity contribution is 0.299. The number of aliphatic hydroxyl groups is 1. The van der Waals surface area contributed by atoms with E-state index >= 15 is 0 Å². The summed E-state index contributed by atoms with van der Waals surface area (Å²) in [6.45, 7) is 2.12. The number of rotatable bonds is 4. The Morgan fingerprint density at radius 1 is 1.35 bits per heavy atom. The van der Waals surface area contributed by atoms with Crippen molar-refractivity contribution in [3.05, 3.63) is 35.0 Å². The molecule has 0 bridgehead atoms. The third kappa shape index (κ3) is 2.48. The minimum Gasteiger partial charge on any atom is -0.496 e. The van der Waals surface area contributed by atoms with Crippen molar-refractivity contribution in [3.63, 3.8) is 0 Å². The summed E-state index contributed by atoms with van der Waals surface area (Å²) in [5.74, 6) is 0.856. The molecule has 0 unspecified atom stereocenters. The van der Waals surface area contributed by atoms with Gasteiger partial charge in [-0.1, -0.05) is 12.1 Å². The van der Waals surface area contributed by atoms with Gasteiger partial charge in [0.1, 0.15) is 5.75 Å². The summed E-state index contributed by atoms with van der Waals surface area (Å²) in [6, 6.07) is 7.92. The highest BCUT2D eigenvalue weighted by atomic mass is 32.1. The van der Waals surface area contributed by atoms with Crippen LogP contribution in [0.1, 0.15) is 10.7 Å².